The maximum absolute atomic E-state index is 12.9. The molecule has 0 spiro atoms. The zero-order valence-corrected chi connectivity index (χ0v) is 23.2. The van der Waals surface area contributed by atoms with Crippen LogP contribution in [0.4, 0.5) is 0 Å². The quantitative estimate of drug-likeness (QED) is 0.241. The summed E-state index contributed by atoms with van der Waals surface area (Å²) in [6.45, 7) is 10.4. The summed E-state index contributed by atoms with van der Waals surface area (Å²) in [4.78, 5) is 50.6. The van der Waals surface area contributed by atoms with Crippen LogP contribution >= 0.6 is 34.8 Å². The largest absolute Gasteiger partial charge is 0.460 e. The van der Waals surface area contributed by atoms with Crippen molar-refractivity contribution in [2.24, 2.45) is 17.8 Å². The molecule has 1 aliphatic rings. The van der Waals surface area contributed by atoms with Gasteiger partial charge in [0.15, 0.2) is 6.10 Å². The molecule has 0 aromatic heterocycles. The summed E-state index contributed by atoms with van der Waals surface area (Å²) in [5, 5.41) is 3.87. The van der Waals surface area contributed by atoms with Gasteiger partial charge in [-0.15, -0.1) is 0 Å². The van der Waals surface area contributed by atoms with E-state index in [0.717, 1.165) is 0 Å². The van der Waals surface area contributed by atoms with Gasteiger partial charge in [-0.2, -0.15) is 0 Å². The molecule has 35 heavy (non-hydrogen) atoms. The third kappa shape index (κ3) is 10.5. The summed E-state index contributed by atoms with van der Waals surface area (Å²) in [7, 11) is 0. The molecule has 1 fully saturated rings. The number of hydrazine groups is 1. The number of halogens is 3. The van der Waals surface area contributed by atoms with Crippen LogP contribution in [0.1, 0.15) is 54.4 Å². The number of nitrogens with zero attached hydrogens (tertiary/aromatic N) is 1. The summed E-state index contributed by atoms with van der Waals surface area (Å²) in [6.07, 6.45) is 3.65. The van der Waals surface area contributed by atoms with Gasteiger partial charge < -0.3 is 14.8 Å². The summed E-state index contributed by atoms with van der Waals surface area (Å²) < 4.78 is 8.76. The average Bonchev–Trinajstić information content (AvgIpc) is 2.79. The molecule has 0 radical (unpaired) electrons. The molecule has 0 aliphatic carbocycles. The highest BCUT2D eigenvalue weighted by atomic mass is 35.6. The van der Waals surface area contributed by atoms with E-state index in [1.54, 1.807) is 20.8 Å². The van der Waals surface area contributed by atoms with Crippen molar-refractivity contribution in [2.75, 3.05) is 13.2 Å². The van der Waals surface area contributed by atoms with E-state index >= 15 is 0 Å². The van der Waals surface area contributed by atoms with Crippen molar-refractivity contribution < 1.29 is 28.7 Å². The Morgan fingerprint density at radius 1 is 1.14 bits per heavy atom. The Kier molecular flexibility index (Phi) is 12.8. The van der Waals surface area contributed by atoms with E-state index in [1.807, 2.05) is 26.0 Å². The van der Waals surface area contributed by atoms with Gasteiger partial charge in [0.1, 0.15) is 18.7 Å². The molecular weight excluding hydrogens is 521 g/mol. The van der Waals surface area contributed by atoms with E-state index in [9.17, 15) is 19.2 Å². The highest BCUT2D eigenvalue weighted by molar-refractivity contribution is 6.67. The van der Waals surface area contributed by atoms with E-state index in [2.05, 4.69) is 10.7 Å². The molecule has 0 aromatic carbocycles. The van der Waals surface area contributed by atoms with Crippen LogP contribution in [0.3, 0.4) is 0 Å². The Bertz CT molecular complexity index is 787. The fourth-order valence-electron chi connectivity index (χ4n) is 3.37. The number of alkyl halides is 3. The number of amides is 2. The van der Waals surface area contributed by atoms with Crippen molar-refractivity contribution in [2.45, 2.75) is 76.4 Å². The first kappa shape index (κ1) is 31.5. The van der Waals surface area contributed by atoms with Gasteiger partial charge in [-0.3, -0.25) is 24.2 Å². The lowest BCUT2D eigenvalue weighted by atomic mass is 9.95. The van der Waals surface area contributed by atoms with Gasteiger partial charge in [-0.05, 0) is 38.5 Å². The lowest BCUT2D eigenvalue weighted by molar-refractivity contribution is -0.163. The zero-order chi connectivity index (χ0) is 26.9. The molecule has 1 aliphatic heterocycles. The van der Waals surface area contributed by atoms with E-state index in [1.165, 1.54) is 11.9 Å². The Labute approximate surface area is 222 Å². The van der Waals surface area contributed by atoms with Crippen LogP contribution in [0.2, 0.25) is 0 Å². The molecule has 2 N–H and O–H groups in total. The first-order chi connectivity index (χ1) is 16.2. The predicted octanol–water partition coefficient (Wildman–Crippen LogP) is 3.32. The summed E-state index contributed by atoms with van der Waals surface area (Å²) in [5.74, 6) is -2.97. The topological polar surface area (TPSA) is 114 Å². The fourth-order valence-corrected chi connectivity index (χ4v) is 3.53. The number of rotatable bonds is 10. The van der Waals surface area contributed by atoms with Crippen LogP contribution in [0.15, 0.2) is 12.2 Å². The molecule has 1 heterocycles. The number of allylic oxidation sites excluding steroid dienone is 2. The molecule has 0 bridgehead atoms. The molecule has 0 aromatic rings. The highest BCUT2D eigenvalue weighted by Crippen LogP contribution is 2.26. The standard InChI is InChI=1S/C23H36Cl3N3O6/c1-7-9-14(4)15(5)21(32)35-18(13(2)3)19(30)27-16(6)20(31)29-11-8-10-17(28-29)22(33)34-12-23(24,25)26/h7,9,13-18,28H,8,10-12H2,1-6H3,(H,27,30). The Hall–Kier alpha value is -1.55. The molecule has 0 saturated carbocycles. The summed E-state index contributed by atoms with van der Waals surface area (Å²) in [5.41, 5.74) is 2.80. The average molecular weight is 557 g/mol. The number of ether oxygens (including phenoxy) is 2. The van der Waals surface area contributed by atoms with Gasteiger partial charge in [0, 0.05) is 6.54 Å². The monoisotopic (exact) mass is 555 g/mol. The van der Waals surface area contributed by atoms with Crippen molar-refractivity contribution in [3.63, 3.8) is 0 Å². The highest BCUT2D eigenvalue weighted by Gasteiger charge is 2.35. The number of esters is 2. The smallest absolute Gasteiger partial charge is 0.325 e. The van der Waals surface area contributed by atoms with Crippen LogP contribution in [-0.2, 0) is 28.7 Å². The molecule has 12 heteroatoms. The molecule has 5 atom stereocenters. The molecule has 2 amide bonds. The Morgan fingerprint density at radius 3 is 2.31 bits per heavy atom. The molecule has 5 unspecified atom stereocenters. The van der Waals surface area contributed by atoms with Crippen LogP contribution in [-0.4, -0.2) is 63.9 Å². The second kappa shape index (κ2) is 14.3. The predicted molar refractivity (Wildman–Crippen MR) is 135 cm³/mol. The number of nitrogens with one attached hydrogen (secondary N) is 2. The van der Waals surface area contributed by atoms with Gasteiger partial charge in [0.2, 0.25) is 3.79 Å². The van der Waals surface area contributed by atoms with Crippen LogP contribution in [0.5, 0.6) is 0 Å². The normalized spacial score (nSPS) is 20.2. The minimum Gasteiger partial charge on any atom is -0.460 e. The van der Waals surface area contributed by atoms with Crippen molar-refractivity contribution in [1.29, 1.82) is 0 Å². The molecule has 200 valence electrons. The number of hydrogen-bond acceptors (Lipinski definition) is 7. The fraction of sp³-hybridized carbons (Fsp3) is 0.739. The van der Waals surface area contributed by atoms with E-state index < -0.39 is 58.3 Å². The Morgan fingerprint density at radius 2 is 1.77 bits per heavy atom. The zero-order valence-electron chi connectivity index (χ0n) is 21.0. The first-order valence-corrected chi connectivity index (χ1v) is 12.8. The van der Waals surface area contributed by atoms with Gasteiger partial charge in [0.25, 0.3) is 11.8 Å². The first-order valence-electron chi connectivity index (χ1n) is 11.6. The van der Waals surface area contributed by atoms with Gasteiger partial charge in [-0.25, -0.2) is 5.43 Å². The Balaban J connectivity index is 2.74. The third-order valence-electron chi connectivity index (χ3n) is 5.61. The minimum atomic E-state index is -1.74. The van der Waals surface area contributed by atoms with Crippen LogP contribution in [0.25, 0.3) is 0 Å². The lowest BCUT2D eigenvalue weighted by Crippen LogP contribution is -2.60. The number of hydrogen-bond donors (Lipinski definition) is 2. The van der Waals surface area contributed by atoms with E-state index in [0.29, 0.717) is 19.4 Å². The number of carbonyl (C=O) groups is 4. The molecule has 9 nitrogen and oxygen atoms in total. The van der Waals surface area contributed by atoms with Crippen molar-refractivity contribution in [3.05, 3.63) is 12.2 Å². The van der Waals surface area contributed by atoms with Crippen LogP contribution < -0.4 is 10.7 Å². The van der Waals surface area contributed by atoms with Gasteiger partial charge >= 0.3 is 11.9 Å². The van der Waals surface area contributed by atoms with Crippen molar-refractivity contribution in [1.82, 2.24) is 15.8 Å². The van der Waals surface area contributed by atoms with Gasteiger partial charge in [-0.1, -0.05) is 74.6 Å². The number of carbonyl (C=O) groups excluding carboxylic acids is 4. The molecule has 1 rings (SSSR count). The summed E-state index contributed by atoms with van der Waals surface area (Å²) in [6, 6.07) is -1.74. The molecular formula is C23H36Cl3N3O6. The third-order valence-corrected chi connectivity index (χ3v) is 5.93. The maximum atomic E-state index is 12.9. The van der Waals surface area contributed by atoms with Crippen LogP contribution in [0, 0.1) is 17.8 Å². The second-order valence-corrected chi connectivity index (χ2v) is 11.6. The van der Waals surface area contributed by atoms with Crippen molar-refractivity contribution in [3.8, 4) is 0 Å². The minimum absolute atomic E-state index is 0.0524. The second-order valence-electron chi connectivity index (χ2n) is 9.04. The van der Waals surface area contributed by atoms with E-state index in [4.69, 9.17) is 44.3 Å². The lowest BCUT2D eigenvalue weighted by Gasteiger charge is -2.34. The van der Waals surface area contributed by atoms with E-state index in [-0.39, 0.29) is 11.8 Å². The SMILES string of the molecule is CC=CC(C)C(C)C(=O)OC(C(=O)NC(C)C(=O)N1CCCC(C(=O)OCC(Cl)(Cl)Cl)N1)C(C)C. The maximum Gasteiger partial charge on any atom is 0.325 e. The molecule has 1 saturated heterocycles. The van der Waals surface area contributed by atoms with Crippen molar-refractivity contribution >= 4 is 58.6 Å². The summed E-state index contributed by atoms with van der Waals surface area (Å²) >= 11 is 16.8. The van der Waals surface area contributed by atoms with Gasteiger partial charge in [0.05, 0.1) is 5.92 Å².